The van der Waals surface area contributed by atoms with Gasteiger partial charge in [-0.1, -0.05) is 177 Å². The second-order valence-corrected chi connectivity index (χ2v) is 26.0. The van der Waals surface area contributed by atoms with Gasteiger partial charge in [-0.15, -0.1) is 0 Å². The SMILES string of the molecule is CC/C=C\C/C=C\C/C=C\C/C=C\C/C=C\CCCCCCCCCCCCCCCCCC(=O)SCCNC(=O)CCNC(=O)[C@H](O)C(C)(C)COP(=O)([O-])OP(=O)([O-])OC[C@H]1O[C@@H](n2cnc3c(N)ncnc32)[C@H](O)[C@@H]1OP(=O)([O-])[O-]. The zero-order valence-corrected chi connectivity index (χ0v) is 51.7. The number of amides is 2. The van der Waals surface area contributed by atoms with Gasteiger partial charge in [0.2, 0.25) is 11.8 Å². The first-order valence-electron chi connectivity index (χ1n) is 28.8. The Hall–Kier alpha value is -3.74. The van der Waals surface area contributed by atoms with Crippen molar-refractivity contribution in [2.45, 2.75) is 199 Å². The average Bonchev–Trinajstić information content (AvgIpc) is 2.22. The summed E-state index contributed by atoms with van der Waals surface area (Å²) in [5.74, 6) is -1.14. The standard InChI is InChI=1S/C55H92N7O17P3S/c1-4-5-6-7-8-9-10-11-12-13-14-15-16-17-18-19-20-21-22-23-24-25-26-27-28-29-30-31-32-33-34-35-46(64)83-39-38-57-45(63)36-37-58-53(67)50(66)55(2,3)41-76-82(73,74)79-81(71,72)75-40-44-49(78-80(68,69)70)48(65)54(77-44)62-43-61-47-51(56)59-42-60-52(47)62/h5-6,8-9,11-12,14-15,17-18,42-44,48-50,54,65-66H,4,7,10,13,16,19-41H2,1-3H3,(H,57,63)(H,58,67)(H,71,72)(H,73,74)(H2,56,59,60)(H2,68,69,70)/p-4/b6-5-,9-8-,12-11-,15-14-,18-17-/t44-,48-,49-,50+,54-/m1/s1. The molecule has 7 atom stereocenters. The Bertz CT molecular complexity index is 2530. The number of carbonyl (C=O) groups is 3. The lowest BCUT2D eigenvalue weighted by atomic mass is 9.87. The zero-order chi connectivity index (χ0) is 61.0. The van der Waals surface area contributed by atoms with E-state index >= 15 is 0 Å². The maximum atomic E-state index is 12.7. The highest BCUT2D eigenvalue weighted by Crippen LogP contribution is 2.56. The molecule has 1 fully saturated rings. The predicted octanol–water partition coefficient (Wildman–Crippen LogP) is 7.52. The van der Waals surface area contributed by atoms with Crippen molar-refractivity contribution in [2.75, 3.05) is 37.8 Å². The minimum absolute atomic E-state index is 0.0188. The van der Waals surface area contributed by atoms with Gasteiger partial charge in [-0.25, -0.2) is 19.3 Å². The van der Waals surface area contributed by atoms with Gasteiger partial charge < -0.3 is 69.0 Å². The topological polar surface area (TPSA) is 375 Å². The van der Waals surface area contributed by atoms with E-state index in [1.807, 2.05) is 0 Å². The molecule has 0 spiro atoms. The summed E-state index contributed by atoms with van der Waals surface area (Å²) in [4.78, 5) is 97.3. The molecule has 2 aromatic heterocycles. The highest BCUT2D eigenvalue weighted by atomic mass is 32.2. The Balaban J connectivity index is 1.15. The number of nitrogens with two attached hydrogens (primary N) is 1. The Kier molecular flexibility index (Phi) is 36.0. The third-order valence-electron chi connectivity index (χ3n) is 13.1. The van der Waals surface area contributed by atoms with Crippen LogP contribution in [0.2, 0.25) is 0 Å². The number of aliphatic hydroxyl groups excluding tert-OH is 2. The van der Waals surface area contributed by atoms with E-state index in [0.717, 1.165) is 80.4 Å². The summed E-state index contributed by atoms with van der Waals surface area (Å²) < 4.78 is 61.0. The maximum absolute atomic E-state index is 12.7. The molecule has 83 heavy (non-hydrogen) atoms. The first-order valence-corrected chi connectivity index (χ1v) is 34.1. The lowest BCUT2D eigenvalue weighted by Gasteiger charge is -2.36. The molecule has 1 aliphatic heterocycles. The normalized spacial score (nSPS) is 19.0. The van der Waals surface area contributed by atoms with Gasteiger partial charge in [-0.05, 0) is 51.4 Å². The second kappa shape index (κ2) is 40.6. The molecule has 1 saturated heterocycles. The average molecular weight is 1240 g/mol. The van der Waals surface area contributed by atoms with Gasteiger partial charge in [-0.2, -0.15) is 0 Å². The van der Waals surface area contributed by atoms with Crippen molar-refractivity contribution in [3.05, 3.63) is 73.4 Å². The van der Waals surface area contributed by atoms with Crippen molar-refractivity contribution in [3.8, 4) is 0 Å². The number of anilines is 1. The first kappa shape index (κ1) is 73.5. The molecule has 0 aromatic carbocycles. The number of carbonyl (C=O) groups excluding carboxylic acids is 3. The maximum Gasteiger partial charge on any atom is 0.274 e. The number of hydrogen-bond acceptors (Lipinski definition) is 22. The molecular weight excluding hydrogens is 1160 g/mol. The summed E-state index contributed by atoms with van der Waals surface area (Å²) in [6.45, 7) is 2.32. The van der Waals surface area contributed by atoms with E-state index < -0.39 is 84.6 Å². The molecule has 6 N–H and O–H groups in total. The summed E-state index contributed by atoms with van der Waals surface area (Å²) in [7, 11) is -17.6. The summed E-state index contributed by atoms with van der Waals surface area (Å²) in [6, 6.07) is 0. The Morgan fingerprint density at radius 3 is 1.84 bits per heavy atom. The van der Waals surface area contributed by atoms with Crippen molar-refractivity contribution < 1.29 is 80.5 Å². The highest BCUT2D eigenvalue weighted by molar-refractivity contribution is 8.13. The van der Waals surface area contributed by atoms with Gasteiger partial charge >= 0.3 is 0 Å². The first-order chi connectivity index (χ1) is 39.6. The zero-order valence-electron chi connectivity index (χ0n) is 48.2. The number of hydrogen-bond donors (Lipinski definition) is 5. The second-order valence-electron chi connectivity index (χ2n) is 20.8. The van der Waals surface area contributed by atoms with Crippen molar-refractivity contribution >= 4 is 69.1 Å². The van der Waals surface area contributed by atoms with Crippen LogP contribution in [0, 0.1) is 5.41 Å². The molecule has 3 rings (SSSR count). The van der Waals surface area contributed by atoms with Crippen LogP contribution in [0.5, 0.6) is 0 Å². The number of nitrogens with one attached hydrogen (secondary N) is 2. The van der Waals surface area contributed by atoms with Crippen LogP contribution >= 0.6 is 35.2 Å². The smallest absolute Gasteiger partial charge is 0.274 e. The number of ether oxygens (including phenoxy) is 1. The molecule has 0 bridgehead atoms. The number of fused-ring (bicyclic) bond motifs is 1. The number of rotatable bonds is 46. The van der Waals surface area contributed by atoms with E-state index in [-0.39, 0.29) is 41.6 Å². The van der Waals surface area contributed by atoms with Crippen LogP contribution in [-0.4, -0.2) is 103 Å². The monoisotopic (exact) mass is 1240 g/mol. The van der Waals surface area contributed by atoms with Crippen LogP contribution in [0.3, 0.4) is 0 Å². The molecule has 470 valence electrons. The molecular formula is C55H88N7O17P3S-4. The highest BCUT2D eigenvalue weighted by Gasteiger charge is 2.47. The molecule has 24 nitrogen and oxygen atoms in total. The number of nitrogens with zero attached hydrogens (tertiary/aromatic N) is 4. The quantitative estimate of drug-likeness (QED) is 0.0243. The Labute approximate surface area is 493 Å². The van der Waals surface area contributed by atoms with Crippen molar-refractivity contribution in [2.24, 2.45) is 5.41 Å². The minimum Gasteiger partial charge on any atom is -0.790 e. The van der Waals surface area contributed by atoms with E-state index in [0.29, 0.717) is 12.2 Å². The number of aliphatic hydroxyl groups is 2. The molecule has 28 heteroatoms. The minimum atomic E-state index is -5.93. The largest absolute Gasteiger partial charge is 0.790 e. The fourth-order valence-electron chi connectivity index (χ4n) is 8.54. The molecule has 0 aliphatic carbocycles. The predicted molar refractivity (Wildman–Crippen MR) is 311 cm³/mol. The van der Waals surface area contributed by atoms with E-state index in [1.54, 1.807) is 0 Å². The lowest BCUT2D eigenvalue weighted by Crippen LogP contribution is -2.46. The molecule has 1 aliphatic rings. The van der Waals surface area contributed by atoms with E-state index in [2.05, 4.69) is 111 Å². The molecule has 2 unspecified atom stereocenters. The fourth-order valence-corrected chi connectivity index (χ4v) is 12.0. The summed E-state index contributed by atoms with van der Waals surface area (Å²) >= 11 is 1.15. The van der Waals surface area contributed by atoms with Crippen molar-refractivity contribution in [1.82, 2.24) is 30.2 Å². The Morgan fingerprint density at radius 2 is 1.28 bits per heavy atom. The van der Waals surface area contributed by atoms with Gasteiger partial charge in [0.1, 0.15) is 36.3 Å². The number of aromatic nitrogens is 4. The van der Waals surface area contributed by atoms with Gasteiger partial charge in [0.15, 0.2) is 22.8 Å². The summed E-state index contributed by atoms with van der Waals surface area (Å²) in [6.07, 6.45) is 39.9. The van der Waals surface area contributed by atoms with Gasteiger partial charge in [0.25, 0.3) is 15.6 Å². The van der Waals surface area contributed by atoms with Crippen molar-refractivity contribution in [1.29, 1.82) is 0 Å². The van der Waals surface area contributed by atoms with Crippen LogP contribution in [0.25, 0.3) is 11.2 Å². The van der Waals surface area contributed by atoms with E-state index in [4.69, 9.17) is 10.5 Å². The molecule has 0 radical (unpaired) electrons. The summed E-state index contributed by atoms with van der Waals surface area (Å²) in [5.41, 5.74) is 4.10. The van der Waals surface area contributed by atoms with Crippen LogP contribution in [0.4, 0.5) is 5.82 Å². The molecule has 0 saturated carbocycles. The number of phosphoric ester groups is 3. The number of unbranched alkanes of at least 4 members (excludes halogenated alkanes) is 15. The van der Waals surface area contributed by atoms with Crippen LogP contribution in [0.1, 0.15) is 175 Å². The van der Waals surface area contributed by atoms with E-state index in [9.17, 15) is 57.9 Å². The number of allylic oxidation sites excluding steroid dienone is 10. The number of thioether (sulfide) groups is 1. The summed E-state index contributed by atoms with van der Waals surface area (Å²) in [5, 5.41) is 26.6. The fraction of sp³-hybridized carbons (Fsp3) is 0.673. The third-order valence-corrected chi connectivity index (χ3v) is 17.1. The number of imidazole rings is 1. The molecule has 2 aromatic rings. The lowest BCUT2D eigenvalue weighted by molar-refractivity contribution is -0.347. The van der Waals surface area contributed by atoms with Crippen LogP contribution in [0.15, 0.2) is 73.4 Å². The van der Waals surface area contributed by atoms with Crippen LogP contribution in [-0.2, 0) is 50.7 Å². The van der Waals surface area contributed by atoms with Gasteiger partial charge in [0, 0.05) is 37.1 Å². The Morgan fingerprint density at radius 1 is 0.747 bits per heavy atom. The van der Waals surface area contributed by atoms with Crippen molar-refractivity contribution in [3.63, 3.8) is 0 Å². The van der Waals surface area contributed by atoms with E-state index in [1.165, 1.54) is 97.3 Å². The van der Waals surface area contributed by atoms with Gasteiger partial charge in [-0.3, -0.25) is 28.1 Å². The number of phosphoric acid groups is 3. The van der Waals surface area contributed by atoms with Gasteiger partial charge in [0.05, 0.1) is 27.4 Å². The molecule has 2 amide bonds. The molecule has 3 heterocycles. The third kappa shape index (κ3) is 32.0. The number of nitrogen functional groups attached to an aromatic ring is 1. The van der Waals surface area contributed by atoms with Crippen LogP contribution < -0.4 is 35.9 Å².